The minimum absolute atomic E-state index is 1.31. The highest BCUT2D eigenvalue weighted by Gasteiger charge is 1.97. The molecule has 0 spiro atoms. The molecule has 0 saturated heterocycles. The maximum atomic E-state index is 2.24. The summed E-state index contributed by atoms with van der Waals surface area (Å²) in [6.07, 6.45) is 0. The maximum Gasteiger partial charge on any atom is -0.0178 e. The Morgan fingerprint density at radius 3 is 0.221 bits per heavy atom. The van der Waals surface area contributed by atoms with Crippen molar-refractivity contribution in [2.45, 2.75) is 0 Å². The van der Waals surface area contributed by atoms with Crippen LogP contribution in [0.15, 0.2) is 425 Å². The van der Waals surface area contributed by atoms with Crippen LogP contribution in [0.3, 0.4) is 0 Å². The second-order valence-corrected chi connectivity index (χ2v) is 19.9. The van der Waals surface area contributed by atoms with Gasteiger partial charge in [0.15, 0.2) is 0 Å². The molecule has 0 aliphatic rings. The van der Waals surface area contributed by atoms with Crippen LogP contribution in [0.25, 0.3) is 86.2 Å². The van der Waals surface area contributed by atoms with E-state index in [1.807, 2.05) is 109 Å². The monoisotopic (exact) mass is 1100 g/mol. The lowest BCUT2D eigenvalue weighted by molar-refractivity contribution is 1.72. The van der Waals surface area contributed by atoms with Gasteiger partial charge < -0.3 is 0 Å². The molecule has 0 radical (unpaired) electrons. The van der Waals surface area contributed by atoms with Gasteiger partial charge in [-0.3, -0.25) is 0 Å². The largest absolute Gasteiger partial charge is 0.0623 e. The molecule has 0 saturated carbocycles. The van der Waals surface area contributed by atoms with E-state index in [4.69, 9.17) is 0 Å². The normalized spacial score (nSPS) is 9.86. The van der Waals surface area contributed by atoms with Gasteiger partial charge in [0.1, 0.15) is 0 Å². The number of benzene rings is 17. The number of rotatable bonds is 0. The zero-order chi connectivity index (χ0) is 58.7. The smallest absolute Gasteiger partial charge is 0.0178 e. The molecule has 0 N–H and O–H groups in total. The molecule has 0 aromatic heterocycles. The van der Waals surface area contributed by atoms with E-state index >= 15 is 0 Å². The van der Waals surface area contributed by atoms with Gasteiger partial charge in [-0.1, -0.05) is 400 Å². The molecule has 0 aliphatic heterocycles. The molecule has 414 valence electrons. The van der Waals surface area contributed by atoms with E-state index in [9.17, 15) is 0 Å². The Hall–Kier alpha value is -11.2. The van der Waals surface area contributed by atoms with E-state index in [1.165, 1.54) is 86.2 Å². The van der Waals surface area contributed by atoms with Crippen LogP contribution >= 0.6 is 0 Å². The summed E-state index contributed by atoms with van der Waals surface area (Å²) in [6, 6.07) is 146. The summed E-state index contributed by atoms with van der Waals surface area (Å²) in [7, 11) is 0. The van der Waals surface area contributed by atoms with Gasteiger partial charge in [0.05, 0.1) is 0 Å². The fourth-order valence-electron chi connectivity index (χ4n) is 9.45. The van der Waals surface area contributed by atoms with Gasteiger partial charge in [0, 0.05) is 0 Å². The van der Waals surface area contributed by atoms with Crippen molar-refractivity contribution < 1.29 is 0 Å². The molecular weight excluding hydrogens is 1030 g/mol. The van der Waals surface area contributed by atoms with Crippen molar-refractivity contribution in [1.29, 1.82) is 0 Å². The lowest BCUT2D eigenvalue weighted by Gasteiger charge is -2.00. The highest BCUT2D eigenvalue weighted by molar-refractivity contribution is 5.99. The van der Waals surface area contributed by atoms with Crippen LogP contribution in [0.1, 0.15) is 0 Å². The SMILES string of the molecule is c1ccc2cc3ccccc3cc2c1.c1ccc2cc3ccccc3cc2c1.c1ccc2ccccc2c1.c1ccc2ccccc2c1.c1ccc2ccccc2c1.c1ccc2ccccc2c1.c1ccccc1.c1ccccc1.c1ccccc1. The third-order valence-corrected chi connectivity index (χ3v) is 13.9. The van der Waals surface area contributed by atoms with E-state index < -0.39 is 0 Å². The molecule has 0 atom stereocenters. The fraction of sp³-hybridized carbons (Fsp3) is 0. The average Bonchev–Trinajstić information content (AvgIpc) is 3.79. The van der Waals surface area contributed by atoms with Crippen LogP contribution < -0.4 is 0 Å². The summed E-state index contributed by atoms with van der Waals surface area (Å²) in [5.41, 5.74) is 0. The predicted molar refractivity (Wildman–Crippen MR) is 378 cm³/mol. The van der Waals surface area contributed by atoms with Gasteiger partial charge in [-0.05, 0) is 110 Å². The maximum absolute atomic E-state index is 2.24. The van der Waals surface area contributed by atoms with Crippen molar-refractivity contribution in [3.8, 4) is 0 Å². The number of hydrogen-bond donors (Lipinski definition) is 0. The van der Waals surface area contributed by atoms with E-state index in [0.29, 0.717) is 0 Å². The summed E-state index contributed by atoms with van der Waals surface area (Å²) in [6.45, 7) is 0. The predicted octanol–water partition coefficient (Wildman–Crippen LogP) is 24.4. The first-order valence-electron chi connectivity index (χ1n) is 29.2. The summed E-state index contributed by atoms with van der Waals surface area (Å²) >= 11 is 0. The molecule has 0 heterocycles. The van der Waals surface area contributed by atoms with Crippen molar-refractivity contribution in [3.63, 3.8) is 0 Å². The minimum Gasteiger partial charge on any atom is -0.0623 e. The number of hydrogen-bond acceptors (Lipinski definition) is 0. The summed E-state index contributed by atoms with van der Waals surface area (Å²) in [5, 5.41) is 21.0. The van der Waals surface area contributed by atoms with E-state index in [2.05, 4.69) is 315 Å². The molecule has 0 fully saturated rings. The average molecular weight is 1100 g/mol. The molecule has 0 aliphatic carbocycles. The first-order valence-corrected chi connectivity index (χ1v) is 29.2. The minimum atomic E-state index is 1.31. The Morgan fingerprint density at radius 1 is 0.0698 bits per heavy atom. The second-order valence-electron chi connectivity index (χ2n) is 19.9. The third kappa shape index (κ3) is 19.5. The molecule has 0 bridgehead atoms. The lowest BCUT2D eigenvalue weighted by atomic mass is 10.0. The molecule has 17 aromatic rings. The molecule has 0 heteroatoms. The Bertz CT molecular complexity index is 3630. The number of fused-ring (bicyclic) bond motifs is 8. The van der Waals surface area contributed by atoms with Gasteiger partial charge in [-0.2, -0.15) is 0 Å². The molecule has 17 rings (SSSR count). The van der Waals surface area contributed by atoms with Crippen LogP contribution in [0.5, 0.6) is 0 Å². The van der Waals surface area contributed by atoms with Crippen molar-refractivity contribution >= 4 is 86.2 Å². The van der Waals surface area contributed by atoms with Crippen LogP contribution in [0.4, 0.5) is 0 Å². The van der Waals surface area contributed by atoms with Crippen molar-refractivity contribution in [2.75, 3.05) is 0 Å². The van der Waals surface area contributed by atoms with E-state index in [1.54, 1.807) is 0 Å². The van der Waals surface area contributed by atoms with Crippen molar-refractivity contribution in [1.82, 2.24) is 0 Å². The Labute approximate surface area is 507 Å². The van der Waals surface area contributed by atoms with Crippen molar-refractivity contribution in [3.05, 3.63) is 425 Å². The Kier molecular flexibility index (Phi) is 23.7. The Morgan fingerprint density at radius 2 is 0.140 bits per heavy atom. The molecule has 17 aromatic carbocycles. The fourth-order valence-corrected chi connectivity index (χ4v) is 9.45. The summed E-state index contributed by atoms with van der Waals surface area (Å²) in [4.78, 5) is 0. The molecule has 0 nitrogen and oxygen atoms in total. The molecule has 86 heavy (non-hydrogen) atoms. The zero-order valence-corrected chi connectivity index (χ0v) is 48.4. The van der Waals surface area contributed by atoms with Crippen LogP contribution in [-0.4, -0.2) is 0 Å². The molecular formula is C86H70. The highest BCUT2D eigenvalue weighted by atomic mass is 14.0. The summed E-state index contributed by atoms with van der Waals surface area (Å²) in [5.74, 6) is 0. The highest BCUT2D eigenvalue weighted by Crippen LogP contribution is 2.24. The van der Waals surface area contributed by atoms with Crippen LogP contribution in [0, 0.1) is 0 Å². The molecule has 0 amide bonds. The second kappa shape index (κ2) is 34.3. The van der Waals surface area contributed by atoms with Gasteiger partial charge in [0.2, 0.25) is 0 Å². The van der Waals surface area contributed by atoms with Crippen LogP contribution in [0.2, 0.25) is 0 Å². The van der Waals surface area contributed by atoms with Gasteiger partial charge in [-0.15, -0.1) is 0 Å². The van der Waals surface area contributed by atoms with Gasteiger partial charge >= 0.3 is 0 Å². The first-order chi connectivity index (χ1) is 42.7. The van der Waals surface area contributed by atoms with Gasteiger partial charge in [-0.25, -0.2) is 0 Å². The standard InChI is InChI=1S/2C14H10.4C10H8.3C6H6/c2*1-2-6-12-10-14-8-4-3-7-13(14)9-11(12)5-1;4*1-2-6-10-8-4-3-7-9(10)5-1;3*1-2-4-6-5-3-1/h2*1-10H;4*1-8H;3*1-6H. The Balaban J connectivity index is 0.000000117. The topological polar surface area (TPSA) is 0 Å². The zero-order valence-electron chi connectivity index (χ0n) is 48.4. The summed E-state index contributed by atoms with van der Waals surface area (Å²) < 4.78 is 0. The quantitative estimate of drug-likeness (QED) is 0.133. The molecule has 0 unspecified atom stereocenters. The first kappa shape index (κ1) is 59.4. The van der Waals surface area contributed by atoms with Crippen molar-refractivity contribution in [2.24, 2.45) is 0 Å². The van der Waals surface area contributed by atoms with Crippen LogP contribution in [-0.2, 0) is 0 Å². The van der Waals surface area contributed by atoms with E-state index in [0.717, 1.165) is 0 Å². The third-order valence-electron chi connectivity index (χ3n) is 13.9. The lowest BCUT2D eigenvalue weighted by Crippen LogP contribution is -1.74. The van der Waals surface area contributed by atoms with Gasteiger partial charge in [0.25, 0.3) is 0 Å². The van der Waals surface area contributed by atoms with E-state index in [-0.39, 0.29) is 0 Å².